The third-order valence-corrected chi connectivity index (χ3v) is 6.99. The van der Waals surface area contributed by atoms with Crippen molar-refractivity contribution in [3.63, 3.8) is 0 Å². The molecule has 106 valence electrons. The summed E-state index contributed by atoms with van der Waals surface area (Å²) in [5.41, 5.74) is 3.70. The third-order valence-electron chi connectivity index (χ3n) is 3.32. The maximum atomic E-state index is 13.5. The molecule has 0 amide bonds. The van der Waals surface area contributed by atoms with E-state index in [1.165, 1.54) is 11.8 Å². The van der Waals surface area contributed by atoms with Gasteiger partial charge >= 0.3 is 0 Å². The highest BCUT2D eigenvalue weighted by atomic mass is 35.5. The summed E-state index contributed by atoms with van der Waals surface area (Å²) in [6.07, 6.45) is 0.648. The van der Waals surface area contributed by atoms with Crippen LogP contribution >= 0.6 is 35.1 Å². The second-order valence-electron chi connectivity index (χ2n) is 4.60. The van der Waals surface area contributed by atoms with Crippen molar-refractivity contribution in [2.75, 3.05) is 11.5 Å². The van der Waals surface area contributed by atoms with Gasteiger partial charge in [0.05, 0.1) is 5.02 Å². The van der Waals surface area contributed by atoms with Gasteiger partial charge in [-0.3, -0.25) is 11.3 Å². The van der Waals surface area contributed by atoms with Crippen LogP contribution in [-0.2, 0) is 6.42 Å². The van der Waals surface area contributed by atoms with E-state index in [1.807, 2.05) is 29.6 Å². The largest absolute Gasteiger partial charge is 0.271 e. The van der Waals surface area contributed by atoms with Gasteiger partial charge in [0.25, 0.3) is 0 Å². The predicted molar refractivity (Wildman–Crippen MR) is 84.4 cm³/mol. The number of hydrogen-bond acceptors (Lipinski definition) is 4. The van der Waals surface area contributed by atoms with Crippen LogP contribution in [0.15, 0.2) is 18.2 Å². The van der Waals surface area contributed by atoms with Gasteiger partial charge < -0.3 is 0 Å². The molecular formula is C13H18ClFN2S2. The molecule has 0 spiro atoms. The van der Waals surface area contributed by atoms with Crippen LogP contribution in [-0.4, -0.2) is 28.0 Å². The molecule has 19 heavy (non-hydrogen) atoms. The van der Waals surface area contributed by atoms with Crippen molar-refractivity contribution < 1.29 is 4.39 Å². The molecule has 6 heteroatoms. The average molecular weight is 321 g/mol. The van der Waals surface area contributed by atoms with Gasteiger partial charge in [0, 0.05) is 28.0 Å². The summed E-state index contributed by atoms with van der Waals surface area (Å²) in [6.45, 7) is 2.22. The molecule has 1 aliphatic rings. The molecule has 0 aromatic heterocycles. The molecule has 3 atom stereocenters. The van der Waals surface area contributed by atoms with Gasteiger partial charge in [0.2, 0.25) is 0 Å². The molecule has 2 rings (SSSR count). The fourth-order valence-corrected chi connectivity index (χ4v) is 5.45. The smallest absolute Gasteiger partial charge is 0.142 e. The minimum Gasteiger partial charge on any atom is -0.271 e. The van der Waals surface area contributed by atoms with Crippen LogP contribution in [0.25, 0.3) is 0 Å². The first-order chi connectivity index (χ1) is 9.13. The highest BCUT2D eigenvalue weighted by molar-refractivity contribution is 8.07. The number of nitrogens with two attached hydrogens (primary N) is 1. The molecule has 0 saturated carbocycles. The van der Waals surface area contributed by atoms with E-state index in [2.05, 4.69) is 12.3 Å². The number of rotatable bonds is 4. The van der Waals surface area contributed by atoms with Crippen molar-refractivity contribution in [1.29, 1.82) is 0 Å². The van der Waals surface area contributed by atoms with Gasteiger partial charge in [0.1, 0.15) is 5.82 Å². The zero-order chi connectivity index (χ0) is 13.8. The van der Waals surface area contributed by atoms with Gasteiger partial charge in [0.15, 0.2) is 0 Å². The molecule has 1 aromatic rings. The summed E-state index contributed by atoms with van der Waals surface area (Å²) in [6, 6.07) is 5.04. The molecule has 3 N–H and O–H groups in total. The minimum absolute atomic E-state index is 0.104. The monoisotopic (exact) mass is 320 g/mol. The fraction of sp³-hybridized carbons (Fsp3) is 0.538. The van der Waals surface area contributed by atoms with E-state index in [9.17, 15) is 4.39 Å². The molecule has 1 saturated heterocycles. The van der Waals surface area contributed by atoms with Crippen LogP contribution in [0.4, 0.5) is 4.39 Å². The van der Waals surface area contributed by atoms with E-state index < -0.39 is 0 Å². The van der Waals surface area contributed by atoms with Crippen LogP contribution in [0.3, 0.4) is 0 Å². The van der Waals surface area contributed by atoms with Crippen molar-refractivity contribution in [2.45, 2.75) is 29.9 Å². The van der Waals surface area contributed by atoms with Gasteiger partial charge in [-0.05, 0) is 18.1 Å². The normalized spacial score (nSPS) is 25.3. The number of hydrazine groups is 1. The Morgan fingerprint density at radius 3 is 2.89 bits per heavy atom. The maximum absolute atomic E-state index is 13.5. The molecule has 1 aromatic carbocycles. The Balaban J connectivity index is 2.12. The molecule has 0 aliphatic carbocycles. The Labute approximate surface area is 127 Å². The Kier molecular flexibility index (Phi) is 5.84. The summed E-state index contributed by atoms with van der Waals surface area (Å²) in [5, 5.41) is 1.17. The number of halogens is 2. The fourth-order valence-electron chi connectivity index (χ4n) is 2.30. The molecule has 3 unspecified atom stereocenters. The highest BCUT2D eigenvalue weighted by Crippen LogP contribution is 2.34. The van der Waals surface area contributed by atoms with Crippen LogP contribution in [0, 0.1) is 5.82 Å². The number of nitrogens with one attached hydrogen (secondary N) is 1. The van der Waals surface area contributed by atoms with Crippen LogP contribution in [0.1, 0.15) is 12.5 Å². The number of hydrogen-bond donors (Lipinski definition) is 2. The van der Waals surface area contributed by atoms with E-state index in [4.69, 9.17) is 17.4 Å². The van der Waals surface area contributed by atoms with E-state index in [0.717, 1.165) is 11.3 Å². The molecular weight excluding hydrogens is 303 g/mol. The van der Waals surface area contributed by atoms with Crippen molar-refractivity contribution in [1.82, 2.24) is 5.43 Å². The van der Waals surface area contributed by atoms with Gasteiger partial charge in [-0.15, -0.1) is 0 Å². The zero-order valence-corrected chi connectivity index (χ0v) is 13.1. The molecule has 1 fully saturated rings. The first kappa shape index (κ1) is 15.4. The lowest BCUT2D eigenvalue weighted by Gasteiger charge is -2.34. The van der Waals surface area contributed by atoms with E-state index >= 15 is 0 Å². The second kappa shape index (κ2) is 7.18. The van der Waals surface area contributed by atoms with Crippen molar-refractivity contribution in [2.24, 2.45) is 5.84 Å². The molecule has 2 nitrogen and oxygen atoms in total. The van der Waals surface area contributed by atoms with Crippen LogP contribution < -0.4 is 11.3 Å². The van der Waals surface area contributed by atoms with Crippen molar-refractivity contribution in [3.05, 3.63) is 34.6 Å². The lowest BCUT2D eigenvalue weighted by atomic mass is 10.0. The average Bonchev–Trinajstić information content (AvgIpc) is 2.41. The van der Waals surface area contributed by atoms with E-state index in [0.29, 0.717) is 16.9 Å². The van der Waals surface area contributed by atoms with E-state index in [1.54, 1.807) is 6.07 Å². The summed E-state index contributed by atoms with van der Waals surface area (Å²) < 4.78 is 13.5. The van der Waals surface area contributed by atoms with Crippen LogP contribution in [0.2, 0.25) is 5.02 Å². The number of thioether (sulfide) groups is 2. The maximum Gasteiger partial charge on any atom is 0.142 e. The number of benzene rings is 1. The van der Waals surface area contributed by atoms with Crippen LogP contribution in [0.5, 0.6) is 0 Å². The SMILES string of the molecule is CC1SCCSC1C(Cc1cccc(F)c1Cl)NN. The summed E-state index contributed by atoms with van der Waals surface area (Å²) in [7, 11) is 0. The molecule has 0 radical (unpaired) electrons. The first-order valence-corrected chi connectivity index (χ1v) is 8.73. The quantitative estimate of drug-likeness (QED) is 0.660. The summed E-state index contributed by atoms with van der Waals surface area (Å²) in [5.74, 6) is 7.64. The summed E-state index contributed by atoms with van der Waals surface area (Å²) >= 11 is 9.91. The topological polar surface area (TPSA) is 38.0 Å². The van der Waals surface area contributed by atoms with Gasteiger partial charge in [-0.25, -0.2) is 4.39 Å². The molecule has 1 heterocycles. The van der Waals surface area contributed by atoms with E-state index in [-0.39, 0.29) is 16.9 Å². The predicted octanol–water partition coefficient (Wildman–Crippen LogP) is 3.09. The Morgan fingerprint density at radius 2 is 2.21 bits per heavy atom. The zero-order valence-electron chi connectivity index (χ0n) is 10.7. The standard InChI is InChI=1S/C13H18ClFN2S2/c1-8-13(19-6-5-18-8)11(17-16)7-9-3-2-4-10(15)12(9)14/h2-4,8,11,13,17H,5-7,16H2,1H3. The highest BCUT2D eigenvalue weighted by Gasteiger charge is 2.30. The molecule has 1 aliphatic heterocycles. The Bertz CT molecular complexity index is 433. The minimum atomic E-state index is -0.367. The van der Waals surface area contributed by atoms with Gasteiger partial charge in [-0.1, -0.05) is 30.7 Å². The Morgan fingerprint density at radius 1 is 1.47 bits per heavy atom. The molecule has 0 bridgehead atoms. The Hall–Kier alpha value is 0.0600. The van der Waals surface area contributed by atoms with Crippen molar-refractivity contribution in [3.8, 4) is 0 Å². The summed E-state index contributed by atoms with van der Waals surface area (Å²) in [4.78, 5) is 0. The van der Waals surface area contributed by atoms with Gasteiger partial charge in [-0.2, -0.15) is 23.5 Å². The second-order valence-corrected chi connectivity index (χ2v) is 7.75. The van der Waals surface area contributed by atoms with Crippen molar-refractivity contribution >= 4 is 35.1 Å². The lowest BCUT2D eigenvalue weighted by Crippen LogP contribution is -2.48. The lowest BCUT2D eigenvalue weighted by molar-refractivity contribution is 0.500. The third kappa shape index (κ3) is 3.79. The first-order valence-electron chi connectivity index (χ1n) is 6.25.